The van der Waals surface area contributed by atoms with Crippen LogP contribution in [-0.2, 0) is 9.59 Å². The first-order valence-corrected chi connectivity index (χ1v) is 8.12. The molecule has 0 fully saturated rings. The second kappa shape index (κ2) is 6.65. The highest BCUT2D eigenvalue weighted by Gasteiger charge is 2.39. The molecule has 0 radical (unpaired) electrons. The number of benzene rings is 2. The number of amides is 2. The molecule has 1 heterocycles. The van der Waals surface area contributed by atoms with E-state index in [1.54, 1.807) is 12.1 Å². The van der Waals surface area contributed by atoms with E-state index >= 15 is 0 Å². The van der Waals surface area contributed by atoms with Gasteiger partial charge in [0.2, 0.25) is 0 Å². The standard InChI is InChI=1S/C19H15ClN2O4/c1-10-4-3-5-14(11(10)2)22-17(23)15(20)16(18(22)24)21-13-8-6-12(7-9-13)19(25)26/h3-9,21H,1-2H3,(H,25,26)/p-1. The maximum Gasteiger partial charge on any atom is 0.283 e. The lowest BCUT2D eigenvalue weighted by atomic mass is 10.1. The highest BCUT2D eigenvalue weighted by atomic mass is 35.5. The van der Waals surface area contributed by atoms with Crippen molar-refractivity contribution in [3.05, 3.63) is 69.9 Å². The van der Waals surface area contributed by atoms with Crippen molar-refractivity contribution in [2.45, 2.75) is 13.8 Å². The number of aromatic carboxylic acids is 1. The largest absolute Gasteiger partial charge is 0.545 e. The summed E-state index contributed by atoms with van der Waals surface area (Å²) in [6.45, 7) is 3.71. The normalized spacial score (nSPS) is 14.2. The van der Waals surface area contributed by atoms with E-state index in [2.05, 4.69) is 5.32 Å². The van der Waals surface area contributed by atoms with Gasteiger partial charge in [-0.2, -0.15) is 0 Å². The van der Waals surface area contributed by atoms with Crippen LogP contribution in [0.15, 0.2) is 53.2 Å². The number of halogens is 1. The molecular weight excluding hydrogens is 356 g/mol. The van der Waals surface area contributed by atoms with Crippen LogP contribution in [0.1, 0.15) is 21.5 Å². The third-order valence-electron chi connectivity index (χ3n) is 4.23. The topological polar surface area (TPSA) is 89.5 Å². The Hall–Kier alpha value is -3.12. The van der Waals surface area contributed by atoms with Gasteiger partial charge in [-0.3, -0.25) is 9.59 Å². The van der Waals surface area contributed by atoms with Gasteiger partial charge in [-0.05, 0) is 48.7 Å². The summed E-state index contributed by atoms with van der Waals surface area (Å²) in [5, 5.41) is 13.4. The Morgan fingerprint density at radius 3 is 2.31 bits per heavy atom. The van der Waals surface area contributed by atoms with Gasteiger partial charge < -0.3 is 15.2 Å². The van der Waals surface area contributed by atoms with Gasteiger partial charge in [0.15, 0.2) is 0 Å². The number of hydrogen-bond donors (Lipinski definition) is 1. The first-order valence-electron chi connectivity index (χ1n) is 7.74. The molecule has 1 aliphatic heterocycles. The summed E-state index contributed by atoms with van der Waals surface area (Å²) in [5.74, 6) is -2.49. The molecule has 3 rings (SSSR count). The van der Waals surface area contributed by atoms with Gasteiger partial charge in [-0.15, -0.1) is 0 Å². The lowest BCUT2D eigenvalue weighted by Crippen LogP contribution is -2.33. The van der Waals surface area contributed by atoms with Crippen LogP contribution in [0.2, 0.25) is 0 Å². The molecular formula is C19H14ClN2O4-. The van der Waals surface area contributed by atoms with Crippen molar-refractivity contribution in [1.82, 2.24) is 0 Å². The third kappa shape index (κ3) is 2.95. The highest BCUT2D eigenvalue weighted by Crippen LogP contribution is 2.32. The molecule has 1 aliphatic rings. The number of aryl methyl sites for hydroxylation is 1. The molecule has 0 spiro atoms. The molecule has 26 heavy (non-hydrogen) atoms. The summed E-state index contributed by atoms with van der Waals surface area (Å²) in [7, 11) is 0. The predicted molar refractivity (Wildman–Crippen MR) is 95.7 cm³/mol. The third-order valence-corrected chi connectivity index (χ3v) is 4.58. The van der Waals surface area contributed by atoms with Crippen molar-refractivity contribution in [3.8, 4) is 0 Å². The minimum atomic E-state index is -1.30. The van der Waals surface area contributed by atoms with Crippen LogP contribution in [0.3, 0.4) is 0 Å². The van der Waals surface area contributed by atoms with E-state index in [-0.39, 0.29) is 16.3 Å². The van der Waals surface area contributed by atoms with Crippen molar-refractivity contribution in [1.29, 1.82) is 0 Å². The van der Waals surface area contributed by atoms with Crippen LogP contribution in [0, 0.1) is 13.8 Å². The van der Waals surface area contributed by atoms with E-state index in [0.29, 0.717) is 11.4 Å². The average Bonchev–Trinajstić information content (AvgIpc) is 2.82. The van der Waals surface area contributed by atoms with Crippen LogP contribution in [-0.4, -0.2) is 17.8 Å². The Morgan fingerprint density at radius 1 is 1.04 bits per heavy atom. The fourth-order valence-electron chi connectivity index (χ4n) is 2.64. The maximum absolute atomic E-state index is 12.8. The molecule has 132 valence electrons. The summed E-state index contributed by atoms with van der Waals surface area (Å²) in [4.78, 5) is 37.1. The van der Waals surface area contributed by atoms with Crippen molar-refractivity contribution in [2.75, 3.05) is 10.2 Å². The maximum atomic E-state index is 12.8. The number of anilines is 2. The lowest BCUT2D eigenvalue weighted by Gasteiger charge is -2.18. The smallest absolute Gasteiger partial charge is 0.283 e. The van der Waals surface area contributed by atoms with Gasteiger partial charge in [0.25, 0.3) is 11.8 Å². The van der Waals surface area contributed by atoms with Crippen LogP contribution < -0.4 is 15.3 Å². The van der Waals surface area contributed by atoms with E-state index in [1.165, 1.54) is 24.3 Å². The number of hydrogen-bond acceptors (Lipinski definition) is 5. The van der Waals surface area contributed by atoms with Crippen LogP contribution in [0.5, 0.6) is 0 Å². The Balaban J connectivity index is 1.91. The summed E-state index contributed by atoms with van der Waals surface area (Å²) in [6, 6.07) is 10.9. The van der Waals surface area contributed by atoms with E-state index in [1.807, 2.05) is 19.9 Å². The number of carboxylic acid groups (broad SMARTS) is 1. The van der Waals surface area contributed by atoms with Gasteiger partial charge in [-0.25, -0.2) is 4.90 Å². The molecule has 2 aromatic rings. The molecule has 0 saturated carbocycles. The molecule has 0 atom stereocenters. The Bertz CT molecular complexity index is 964. The molecule has 0 bridgehead atoms. The molecule has 7 heteroatoms. The van der Waals surface area contributed by atoms with Gasteiger partial charge >= 0.3 is 0 Å². The second-order valence-corrected chi connectivity index (χ2v) is 6.22. The van der Waals surface area contributed by atoms with E-state index in [4.69, 9.17) is 11.6 Å². The minimum Gasteiger partial charge on any atom is -0.545 e. The minimum absolute atomic E-state index is 0.00136. The first kappa shape index (κ1) is 17.7. The Labute approximate surface area is 154 Å². The summed E-state index contributed by atoms with van der Waals surface area (Å²) < 4.78 is 0. The predicted octanol–water partition coefficient (Wildman–Crippen LogP) is 2.10. The fraction of sp³-hybridized carbons (Fsp3) is 0.105. The summed E-state index contributed by atoms with van der Waals surface area (Å²) >= 11 is 6.09. The number of carbonyl (C=O) groups excluding carboxylic acids is 3. The molecule has 2 aromatic carbocycles. The quantitative estimate of drug-likeness (QED) is 0.833. The molecule has 0 unspecified atom stereocenters. The van der Waals surface area contributed by atoms with Gasteiger partial charge in [-0.1, -0.05) is 35.9 Å². The van der Waals surface area contributed by atoms with Crippen LogP contribution in [0.4, 0.5) is 11.4 Å². The van der Waals surface area contributed by atoms with E-state index in [9.17, 15) is 19.5 Å². The van der Waals surface area contributed by atoms with Gasteiger partial charge in [0, 0.05) is 5.69 Å². The molecule has 0 aromatic heterocycles. The van der Waals surface area contributed by atoms with Crippen LogP contribution >= 0.6 is 11.6 Å². The van der Waals surface area contributed by atoms with Gasteiger partial charge in [0.05, 0.1) is 11.7 Å². The monoisotopic (exact) mass is 369 g/mol. The first-order chi connectivity index (χ1) is 12.3. The Morgan fingerprint density at radius 2 is 1.69 bits per heavy atom. The average molecular weight is 370 g/mol. The van der Waals surface area contributed by atoms with Crippen molar-refractivity contribution in [2.24, 2.45) is 0 Å². The lowest BCUT2D eigenvalue weighted by molar-refractivity contribution is -0.255. The zero-order valence-corrected chi connectivity index (χ0v) is 14.8. The van der Waals surface area contributed by atoms with Crippen molar-refractivity contribution in [3.63, 3.8) is 0 Å². The fourth-order valence-corrected chi connectivity index (χ4v) is 2.85. The van der Waals surface area contributed by atoms with Crippen molar-refractivity contribution >= 4 is 40.8 Å². The number of nitrogens with zero attached hydrogens (tertiary/aromatic N) is 1. The van der Waals surface area contributed by atoms with Gasteiger partial charge in [0.1, 0.15) is 10.7 Å². The SMILES string of the molecule is Cc1cccc(N2C(=O)C(Cl)=C(Nc3ccc(C(=O)[O-])cc3)C2=O)c1C. The number of imide groups is 1. The number of nitrogens with one attached hydrogen (secondary N) is 1. The molecule has 2 amide bonds. The number of rotatable bonds is 4. The number of carboxylic acids is 1. The zero-order chi connectivity index (χ0) is 19.0. The molecule has 0 aliphatic carbocycles. The highest BCUT2D eigenvalue weighted by molar-refractivity contribution is 6.53. The summed E-state index contributed by atoms with van der Waals surface area (Å²) in [6.07, 6.45) is 0. The van der Waals surface area contributed by atoms with E-state index < -0.39 is 17.8 Å². The Kier molecular flexibility index (Phi) is 4.52. The number of carbonyl (C=O) groups is 3. The molecule has 6 nitrogen and oxygen atoms in total. The zero-order valence-electron chi connectivity index (χ0n) is 14.0. The van der Waals surface area contributed by atoms with Crippen molar-refractivity contribution < 1.29 is 19.5 Å². The molecule has 1 N–H and O–H groups in total. The second-order valence-electron chi connectivity index (χ2n) is 5.84. The van der Waals surface area contributed by atoms with E-state index in [0.717, 1.165) is 16.0 Å². The van der Waals surface area contributed by atoms with Crippen LogP contribution in [0.25, 0.3) is 0 Å². The molecule has 0 saturated heterocycles. The summed E-state index contributed by atoms with van der Waals surface area (Å²) in [5.41, 5.74) is 2.59.